The van der Waals surface area contributed by atoms with Gasteiger partial charge in [0, 0.05) is 12.6 Å². The molecule has 8 heteroatoms. The van der Waals surface area contributed by atoms with Crippen molar-refractivity contribution in [3.05, 3.63) is 0 Å². The van der Waals surface area contributed by atoms with Crippen molar-refractivity contribution >= 4 is 0 Å². The number of hydrogen-bond acceptors (Lipinski definition) is 2. The molecule has 0 saturated carbocycles. The second-order valence-electron chi connectivity index (χ2n) is 4.14. The predicted octanol–water partition coefficient (Wildman–Crippen LogP) is 3.66. The standard InChI is InChI=1S/C11H19F6NO/c1-3-8(18-4-2)6-5-7-19-9(10(12,13)14)11(15,16)17/h8-9,18H,3-7H2,1-2H3. The fraction of sp³-hybridized carbons (Fsp3) is 1.00. The van der Waals surface area contributed by atoms with Crippen LogP contribution in [0.25, 0.3) is 0 Å². The molecule has 0 aliphatic heterocycles. The van der Waals surface area contributed by atoms with Gasteiger partial charge in [0.2, 0.25) is 6.10 Å². The van der Waals surface area contributed by atoms with Crippen molar-refractivity contribution in [1.29, 1.82) is 0 Å². The molecule has 1 unspecified atom stereocenters. The Hall–Kier alpha value is -0.500. The van der Waals surface area contributed by atoms with Crippen molar-refractivity contribution in [2.24, 2.45) is 0 Å². The summed E-state index contributed by atoms with van der Waals surface area (Å²) in [6.07, 6.45) is -13.2. The third-order valence-electron chi connectivity index (χ3n) is 2.56. The first-order valence-electron chi connectivity index (χ1n) is 6.11. The van der Waals surface area contributed by atoms with Crippen LogP contribution in [-0.4, -0.2) is 37.7 Å². The van der Waals surface area contributed by atoms with Crippen molar-refractivity contribution in [3.8, 4) is 0 Å². The molecule has 0 heterocycles. The molecule has 0 aliphatic carbocycles. The zero-order chi connectivity index (χ0) is 15.1. The lowest BCUT2D eigenvalue weighted by Gasteiger charge is -2.23. The van der Waals surface area contributed by atoms with Crippen LogP contribution in [0.15, 0.2) is 0 Å². The summed E-state index contributed by atoms with van der Waals surface area (Å²) < 4.78 is 76.8. The normalized spacial score (nSPS) is 15.0. The minimum atomic E-state index is -5.43. The third-order valence-corrected chi connectivity index (χ3v) is 2.56. The number of rotatable bonds is 8. The van der Waals surface area contributed by atoms with Crippen molar-refractivity contribution in [2.45, 2.75) is 57.6 Å². The highest BCUT2D eigenvalue weighted by atomic mass is 19.4. The smallest absolute Gasteiger partial charge is 0.361 e. The van der Waals surface area contributed by atoms with Crippen LogP contribution in [0.4, 0.5) is 26.3 Å². The van der Waals surface area contributed by atoms with Crippen LogP contribution in [-0.2, 0) is 4.74 Å². The molecule has 0 amide bonds. The highest BCUT2D eigenvalue weighted by molar-refractivity contribution is 4.76. The van der Waals surface area contributed by atoms with E-state index in [1.807, 2.05) is 13.8 Å². The fourth-order valence-electron chi connectivity index (χ4n) is 1.64. The molecule has 0 rings (SSSR count). The molecule has 0 aromatic heterocycles. The molecule has 1 N–H and O–H groups in total. The van der Waals surface area contributed by atoms with Gasteiger partial charge in [-0.25, -0.2) is 0 Å². The monoisotopic (exact) mass is 295 g/mol. The van der Waals surface area contributed by atoms with E-state index in [4.69, 9.17) is 0 Å². The van der Waals surface area contributed by atoms with Gasteiger partial charge in [-0.1, -0.05) is 13.8 Å². The van der Waals surface area contributed by atoms with E-state index < -0.39 is 25.1 Å². The lowest BCUT2D eigenvalue weighted by molar-refractivity contribution is -0.321. The van der Waals surface area contributed by atoms with Crippen LogP contribution in [0.1, 0.15) is 33.1 Å². The maximum Gasteiger partial charge on any atom is 0.423 e. The molecule has 0 radical (unpaired) electrons. The number of ether oxygens (including phenoxy) is 1. The minimum Gasteiger partial charge on any atom is -0.361 e. The fourth-order valence-corrected chi connectivity index (χ4v) is 1.64. The number of halogens is 6. The topological polar surface area (TPSA) is 21.3 Å². The van der Waals surface area contributed by atoms with Gasteiger partial charge < -0.3 is 10.1 Å². The van der Waals surface area contributed by atoms with Crippen molar-refractivity contribution in [3.63, 3.8) is 0 Å². The number of hydrogen-bond donors (Lipinski definition) is 1. The average molecular weight is 295 g/mol. The lowest BCUT2D eigenvalue weighted by Crippen LogP contribution is -2.44. The van der Waals surface area contributed by atoms with Crippen LogP contribution in [0.5, 0.6) is 0 Å². The van der Waals surface area contributed by atoms with Crippen LogP contribution in [0, 0.1) is 0 Å². The summed E-state index contributed by atoms with van der Waals surface area (Å²) in [5.74, 6) is 0. The molecule has 1 atom stereocenters. The van der Waals surface area contributed by atoms with Gasteiger partial charge in [-0.15, -0.1) is 0 Å². The highest BCUT2D eigenvalue weighted by Crippen LogP contribution is 2.35. The van der Waals surface area contributed by atoms with E-state index in [1.54, 1.807) is 0 Å². The number of alkyl halides is 6. The van der Waals surface area contributed by atoms with Crippen LogP contribution in [0.2, 0.25) is 0 Å². The second kappa shape index (κ2) is 7.94. The van der Waals surface area contributed by atoms with Crippen LogP contribution < -0.4 is 5.32 Å². The molecular weight excluding hydrogens is 276 g/mol. The quantitative estimate of drug-likeness (QED) is 0.545. The highest BCUT2D eigenvalue weighted by Gasteiger charge is 2.57. The number of nitrogens with one attached hydrogen (secondary N) is 1. The molecule has 0 aliphatic rings. The minimum absolute atomic E-state index is 0.0869. The second-order valence-corrected chi connectivity index (χ2v) is 4.14. The van der Waals surface area contributed by atoms with E-state index in [0.717, 1.165) is 6.42 Å². The van der Waals surface area contributed by atoms with E-state index in [2.05, 4.69) is 10.1 Å². The Bertz CT molecular complexity index is 226. The Morgan fingerprint density at radius 1 is 1.00 bits per heavy atom. The van der Waals surface area contributed by atoms with Crippen molar-refractivity contribution in [1.82, 2.24) is 5.32 Å². The third kappa shape index (κ3) is 7.61. The zero-order valence-electron chi connectivity index (χ0n) is 10.9. The summed E-state index contributed by atoms with van der Waals surface area (Å²) in [5, 5.41) is 3.08. The van der Waals surface area contributed by atoms with Crippen LogP contribution in [0.3, 0.4) is 0 Å². The molecule has 19 heavy (non-hydrogen) atoms. The zero-order valence-corrected chi connectivity index (χ0v) is 10.9. The molecule has 0 saturated heterocycles. The first-order valence-corrected chi connectivity index (χ1v) is 6.11. The van der Waals surface area contributed by atoms with Gasteiger partial charge in [-0.3, -0.25) is 0 Å². The summed E-state index contributed by atoms with van der Waals surface area (Å²) in [4.78, 5) is 0. The van der Waals surface area contributed by atoms with E-state index in [0.29, 0.717) is 13.0 Å². The molecule has 0 aromatic carbocycles. The lowest BCUT2D eigenvalue weighted by atomic mass is 10.1. The van der Waals surface area contributed by atoms with Gasteiger partial charge >= 0.3 is 12.4 Å². The predicted molar refractivity (Wildman–Crippen MR) is 58.8 cm³/mol. The van der Waals surface area contributed by atoms with Gasteiger partial charge in [0.1, 0.15) is 0 Å². The Morgan fingerprint density at radius 3 is 1.89 bits per heavy atom. The Labute approximate surface area is 108 Å². The molecule has 0 fully saturated rings. The van der Waals surface area contributed by atoms with E-state index in [-0.39, 0.29) is 12.5 Å². The molecular formula is C11H19F6NO. The average Bonchev–Trinajstić information content (AvgIpc) is 2.23. The van der Waals surface area contributed by atoms with Gasteiger partial charge in [0.05, 0.1) is 0 Å². The molecule has 0 bridgehead atoms. The van der Waals surface area contributed by atoms with E-state index in [1.165, 1.54) is 0 Å². The Kier molecular flexibility index (Phi) is 7.73. The molecule has 0 spiro atoms. The van der Waals surface area contributed by atoms with Crippen molar-refractivity contribution in [2.75, 3.05) is 13.2 Å². The first-order chi connectivity index (χ1) is 8.62. The molecule has 0 aromatic rings. The first kappa shape index (κ1) is 18.5. The summed E-state index contributed by atoms with van der Waals surface area (Å²) in [5.41, 5.74) is 0. The van der Waals surface area contributed by atoms with Crippen LogP contribution >= 0.6 is 0 Å². The summed E-state index contributed by atoms with van der Waals surface area (Å²) in [6, 6.07) is 0.0869. The van der Waals surface area contributed by atoms with Gasteiger partial charge in [-0.05, 0) is 25.8 Å². The van der Waals surface area contributed by atoms with Gasteiger partial charge in [0.25, 0.3) is 0 Å². The maximum atomic E-state index is 12.1. The van der Waals surface area contributed by atoms with Gasteiger partial charge in [-0.2, -0.15) is 26.3 Å². The van der Waals surface area contributed by atoms with E-state index in [9.17, 15) is 26.3 Å². The summed E-state index contributed by atoms with van der Waals surface area (Å²) >= 11 is 0. The molecule has 116 valence electrons. The Morgan fingerprint density at radius 2 is 1.53 bits per heavy atom. The summed E-state index contributed by atoms with van der Waals surface area (Å²) in [6.45, 7) is 3.91. The SMILES string of the molecule is CCNC(CC)CCCOC(C(F)(F)F)C(F)(F)F. The van der Waals surface area contributed by atoms with E-state index >= 15 is 0 Å². The summed E-state index contributed by atoms with van der Waals surface area (Å²) in [7, 11) is 0. The van der Waals surface area contributed by atoms with Crippen molar-refractivity contribution < 1.29 is 31.1 Å². The Balaban J connectivity index is 4.15. The maximum absolute atomic E-state index is 12.1. The largest absolute Gasteiger partial charge is 0.423 e. The van der Waals surface area contributed by atoms with Gasteiger partial charge in [0.15, 0.2) is 0 Å². The molecule has 2 nitrogen and oxygen atoms in total.